The fourth-order valence-corrected chi connectivity index (χ4v) is 1.08. The first-order valence-electron chi connectivity index (χ1n) is 4.33. The number of allylic oxidation sites excluding steroid dienone is 1. The van der Waals surface area contributed by atoms with E-state index in [2.05, 4.69) is 5.10 Å². The molecule has 0 saturated heterocycles. The van der Waals surface area contributed by atoms with Crippen LogP contribution >= 0.6 is 0 Å². The number of rotatable bonds is 3. The van der Waals surface area contributed by atoms with Crippen molar-refractivity contribution in [2.45, 2.75) is 20.3 Å². The van der Waals surface area contributed by atoms with E-state index in [-0.39, 0.29) is 0 Å². The second kappa shape index (κ2) is 4.03. The molecular formula is C10H14N2O. The van der Waals surface area contributed by atoms with Crippen molar-refractivity contribution >= 4 is 12.4 Å². The first-order chi connectivity index (χ1) is 6.19. The summed E-state index contributed by atoms with van der Waals surface area (Å²) in [5.74, 6) is 0. The van der Waals surface area contributed by atoms with Crippen LogP contribution in [0.5, 0.6) is 0 Å². The van der Waals surface area contributed by atoms with Crippen molar-refractivity contribution in [3.63, 3.8) is 0 Å². The zero-order valence-corrected chi connectivity index (χ0v) is 8.24. The summed E-state index contributed by atoms with van der Waals surface area (Å²) in [6.45, 7) is 3.95. The Bertz CT molecular complexity index is 337. The van der Waals surface area contributed by atoms with Gasteiger partial charge in [-0.15, -0.1) is 0 Å². The predicted octanol–water partition coefficient (Wildman–Crippen LogP) is 1.72. The molecule has 0 aliphatic rings. The zero-order valence-electron chi connectivity index (χ0n) is 8.24. The minimum Gasteiger partial charge on any atom is -0.298 e. The molecule has 70 valence electrons. The second-order valence-corrected chi connectivity index (χ2v) is 3.00. The normalized spacial score (nSPS) is 11.8. The highest BCUT2D eigenvalue weighted by atomic mass is 16.1. The maximum Gasteiger partial charge on any atom is 0.146 e. The van der Waals surface area contributed by atoms with Crippen LogP contribution in [0.3, 0.4) is 0 Å². The van der Waals surface area contributed by atoms with E-state index in [1.807, 2.05) is 27.0 Å². The van der Waals surface area contributed by atoms with Crippen molar-refractivity contribution in [1.82, 2.24) is 9.78 Å². The third-order valence-corrected chi connectivity index (χ3v) is 2.17. The van der Waals surface area contributed by atoms with Gasteiger partial charge < -0.3 is 0 Å². The molecule has 0 radical (unpaired) electrons. The summed E-state index contributed by atoms with van der Waals surface area (Å²) in [7, 11) is 1.89. The van der Waals surface area contributed by atoms with E-state index in [0.29, 0.717) is 0 Å². The lowest BCUT2D eigenvalue weighted by molar-refractivity contribution is -0.104. The van der Waals surface area contributed by atoms with Crippen LogP contribution in [0.4, 0.5) is 0 Å². The lowest BCUT2D eigenvalue weighted by Crippen LogP contribution is -1.92. The Kier molecular flexibility index (Phi) is 3.01. The second-order valence-electron chi connectivity index (χ2n) is 3.00. The van der Waals surface area contributed by atoms with E-state index in [1.54, 1.807) is 10.9 Å². The highest BCUT2D eigenvalue weighted by Gasteiger charge is 2.01. The molecule has 0 aromatic carbocycles. The number of nitrogens with zero attached hydrogens (tertiary/aromatic N) is 2. The lowest BCUT2D eigenvalue weighted by atomic mass is 10.1. The molecule has 1 heterocycles. The van der Waals surface area contributed by atoms with Crippen LogP contribution in [-0.2, 0) is 11.8 Å². The number of hydrogen-bond acceptors (Lipinski definition) is 2. The van der Waals surface area contributed by atoms with E-state index in [0.717, 1.165) is 29.5 Å². The van der Waals surface area contributed by atoms with E-state index in [9.17, 15) is 4.79 Å². The molecule has 1 aromatic rings. The molecule has 1 rings (SSSR count). The van der Waals surface area contributed by atoms with E-state index in [1.165, 1.54) is 0 Å². The molecule has 0 saturated carbocycles. The van der Waals surface area contributed by atoms with Gasteiger partial charge in [0.25, 0.3) is 0 Å². The van der Waals surface area contributed by atoms with Crippen molar-refractivity contribution in [1.29, 1.82) is 0 Å². The summed E-state index contributed by atoms with van der Waals surface area (Å²) in [6.07, 6.45) is 5.31. The van der Waals surface area contributed by atoms with Gasteiger partial charge in [-0.1, -0.05) is 6.92 Å². The maximum atomic E-state index is 10.6. The zero-order chi connectivity index (χ0) is 9.84. The Morgan fingerprint density at radius 2 is 2.38 bits per heavy atom. The number of aromatic nitrogens is 2. The van der Waals surface area contributed by atoms with Gasteiger partial charge in [-0.2, -0.15) is 5.10 Å². The molecule has 0 atom stereocenters. The Hall–Kier alpha value is -1.38. The highest BCUT2D eigenvalue weighted by Crippen LogP contribution is 2.11. The van der Waals surface area contributed by atoms with Gasteiger partial charge in [-0.3, -0.25) is 9.48 Å². The van der Waals surface area contributed by atoms with Crippen LogP contribution < -0.4 is 0 Å². The molecule has 0 unspecified atom stereocenters. The van der Waals surface area contributed by atoms with E-state index < -0.39 is 0 Å². The molecule has 0 aliphatic carbocycles. The number of hydrogen-bond donors (Lipinski definition) is 0. The van der Waals surface area contributed by atoms with Crippen LogP contribution in [0.15, 0.2) is 11.8 Å². The van der Waals surface area contributed by atoms with Crippen LogP contribution in [-0.4, -0.2) is 16.1 Å². The first-order valence-corrected chi connectivity index (χ1v) is 4.33. The third kappa shape index (κ3) is 2.05. The Balaban J connectivity index is 3.02. The summed E-state index contributed by atoms with van der Waals surface area (Å²) in [6, 6.07) is 0. The number of carbonyl (C=O) groups excluding carboxylic acids is 1. The standard InChI is InChI=1S/C10H14N2O/c1-4-9(7-13)5-10-6-11-12(3)8(10)2/h5-7H,4H2,1-3H3. The third-order valence-electron chi connectivity index (χ3n) is 2.17. The molecular weight excluding hydrogens is 164 g/mol. The summed E-state index contributed by atoms with van der Waals surface area (Å²) in [5, 5.41) is 4.09. The largest absolute Gasteiger partial charge is 0.298 e. The molecule has 0 spiro atoms. The summed E-state index contributed by atoms with van der Waals surface area (Å²) in [5.41, 5.74) is 2.90. The van der Waals surface area contributed by atoms with Crippen molar-refractivity contribution in [2.75, 3.05) is 0 Å². The minimum absolute atomic E-state index is 0.762. The van der Waals surface area contributed by atoms with Crippen molar-refractivity contribution < 1.29 is 4.79 Å². The van der Waals surface area contributed by atoms with Crippen LogP contribution in [0.1, 0.15) is 24.6 Å². The number of aldehydes is 1. The Morgan fingerprint density at radius 3 is 2.77 bits per heavy atom. The van der Waals surface area contributed by atoms with Crippen LogP contribution in [0.2, 0.25) is 0 Å². The SMILES string of the molecule is CCC(C=O)=Cc1cnn(C)c1C. The lowest BCUT2D eigenvalue weighted by Gasteiger charge is -1.95. The van der Waals surface area contributed by atoms with Crippen molar-refractivity contribution in [2.24, 2.45) is 7.05 Å². The fraction of sp³-hybridized carbons (Fsp3) is 0.400. The van der Waals surface area contributed by atoms with Gasteiger partial charge >= 0.3 is 0 Å². The average Bonchev–Trinajstić information content (AvgIpc) is 2.45. The fourth-order valence-electron chi connectivity index (χ4n) is 1.08. The number of carbonyl (C=O) groups is 1. The topological polar surface area (TPSA) is 34.9 Å². The van der Waals surface area contributed by atoms with Gasteiger partial charge in [0.15, 0.2) is 0 Å². The molecule has 0 fully saturated rings. The smallest absolute Gasteiger partial charge is 0.146 e. The monoisotopic (exact) mass is 178 g/mol. The molecule has 0 aliphatic heterocycles. The highest BCUT2D eigenvalue weighted by molar-refractivity contribution is 5.81. The molecule has 0 amide bonds. The van der Waals surface area contributed by atoms with Gasteiger partial charge in [0.1, 0.15) is 6.29 Å². The van der Waals surface area contributed by atoms with Crippen LogP contribution in [0.25, 0.3) is 6.08 Å². The average molecular weight is 178 g/mol. The predicted molar refractivity (Wildman–Crippen MR) is 52.3 cm³/mol. The molecule has 3 heteroatoms. The first kappa shape index (κ1) is 9.71. The molecule has 1 aromatic heterocycles. The maximum absolute atomic E-state index is 10.6. The summed E-state index contributed by atoms with van der Waals surface area (Å²) in [4.78, 5) is 10.6. The summed E-state index contributed by atoms with van der Waals surface area (Å²) < 4.78 is 1.80. The Morgan fingerprint density at radius 1 is 1.69 bits per heavy atom. The van der Waals surface area contributed by atoms with E-state index >= 15 is 0 Å². The van der Waals surface area contributed by atoms with Gasteiger partial charge in [0.2, 0.25) is 0 Å². The molecule has 13 heavy (non-hydrogen) atoms. The van der Waals surface area contributed by atoms with Crippen molar-refractivity contribution in [3.05, 3.63) is 23.0 Å². The summed E-state index contributed by atoms with van der Waals surface area (Å²) >= 11 is 0. The van der Waals surface area contributed by atoms with Gasteiger partial charge in [-0.05, 0) is 25.0 Å². The Labute approximate surface area is 78.1 Å². The van der Waals surface area contributed by atoms with Gasteiger partial charge in [0, 0.05) is 18.3 Å². The number of aryl methyl sites for hydroxylation is 1. The molecule has 3 nitrogen and oxygen atoms in total. The minimum atomic E-state index is 0.762. The van der Waals surface area contributed by atoms with Gasteiger partial charge in [0.05, 0.1) is 6.20 Å². The van der Waals surface area contributed by atoms with Crippen molar-refractivity contribution in [3.8, 4) is 0 Å². The quantitative estimate of drug-likeness (QED) is 0.521. The van der Waals surface area contributed by atoms with Gasteiger partial charge in [-0.25, -0.2) is 0 Å². The molecule has 0 bridgehead atoms. The van der Waals surface area contributed by atoms with Crippen LogP contribution in [0, 0.1) is 6.92 Å². The molecule has 0 N–H and O–H groups in total. The van der Waals surface area contributed by atoms with E-state index in [4.69, 9.17) is 0 Å².